The Labute approximate surface area is 183 Å². The summed E-state index contributed by atoms with van der Waals surface area (Å²) in [6.07, 6.45) is 3.04. The molecule has 2 amide bonds. The minimum Gasteiger partial charge on any atom is -0.459 e. The van der Waals surface area contributed by atoms with Crippen molar-refractivity contribution >= 4 is 46.5 Å². The molecule has 0 bridgehead atoms. The smallest absolute Gasteiger partial charge is 0.291 e. The third-order valence-corrected chi connectivity index (χ3v) is 5.35. The fourth-order valence-corrected chi connectivity index (χ4v) is 3.71. The molecule has 1 aromatic carbocycles. The molecule has 0 aliphatic carbocycles. The van der Waals surface area contributed by atoms with Gasteiger partial charge in [-0.15, -0.1) is 0 Å². The molecule has 3 heterocycles. The maximum Gasteiger partial charge on any atom is 0.291 e. The van der Waals surface area contributed by atoms with E-state index in [1.807, 2.05) is 6.07 Å². The molecule has 0 saturated carbocycles. The molecule has 30 heavy (non-hydrogen) atoms. The molecule has 0 spiro atoms. The molecular weight excluding hydrogens is 427 g/mol. The van der Waals surface area contributed by atoms with Crippen molar-refractivity contribution in [1.29, 1.82) is 0 Å². The van der Waals surface area contributed by atoms with Crippen molar-refractivity contribution in [3.63, 3.8) is 0 Å². The van der Waals surface area contributed by atoms with Gasteiger partial charge < -0.3 is 19.5 Å². The van der Waals surface area contributed by atoms with Gasteiger partial charge in [-0.3, -0.25) is 9.59 Å². The van der Waals surface area contributed by atoms with Gasteiger partial charge >= 0.3 is 0 Å². The Morgan fingerprint density at radius 3 is 2.47 bits per heavy atom. The predicted molar refractivity (Wildman–Crippen MR) is 115 cm³/mol. The number of halogens is 2. The van der Waals surface area contributed by atoms with Gasteiger partial charge in [0.2, 0.25) is 0 Å². The van der Waals surface area contributed by atoms with Gasteiger partial charge in [-0.25, -0.2) is 4.98 Å². The first-order chi connectivity index (χ1) is 14.5. The second kappa shape index (κ2) is 8.77. The first kappa shape index (κ1) is 20.3. The first-order valence-electron chi connectivity index (χ1n) is 9.31. The second-order valence-electron chi connectivity index (χ2n) is 6.74. The zero-order chi connectivity index (χ0) is 21.1. The summed E-state index contributed by atoms with van der Waals surface area (Å²) < 4.78 is 5.07. The normalized spacial score (nSPS) is 13.9. The Bertz CT molecular complexity index is 1050. The van der Waals surface area contributed by atoms with E-state index in [0.29, 0.717) is 47.5 Å². The Balaban J connectivity index is 1.34. The number of benzene rings is 1. The third kappa shape index (κ3) is 4.42. The van der Waals surface area contributed by atoms with Crippen molar-refractivity contribution in [3.05, 3.63) is 76.3 Å². The number of nitrogens with one attached hydrogen (secondary N) is 1. The molecule has 0 radical (unpaired) electrons. The van der Waals surface area contributed by atoms with E-state index in [-0.39, 0.29) is 17.6 Å². The number of anilines is 2. The van der Waals surface area contributed by atoms with E-state index >= 15 is 0 Å². The molecule has 1 aliphatic heterocycles. The first-order valence-corrected chi connectivity index (χ1v) is 10.1. The molecule has 0 atom stereocenters. The summed E-state index contributed by atoms with van der Waals surface area (Å²) >= 11 is 12.1. The Kier molecular flexibility index (Phi) is 5.92. The SMILES string of the molecule is O=C(Nc1ccc(N2CCN(C(=O)c3ccc(Cl)cc3Cl)CC2)nc1)c1ccco1. The highest BCUT2D eigenvalue weighted by molar-refractivity contribution is 6.36. The molecule has 1 saturated heterocycles. The van der Waals surface area contributed by atoms with Crippen LogP contribution in [0.5, 0.6) is 0 Å². The number of furan rings is 1. The number of carbonyl (C=O) groups excluding carboxylic acids is 2. The molecule has 1 aliphatic rings. The van der Waals surface area contributed by atoms with Crippen LogP contribution in [-0.2, 0) is 0 Å². The standard InChI is InChI=1S/C21H18Cl2N4O3/c22-14-3-5-16(17(23)12-14)21(29)27-9-7-26(8-10-27)19-6-4-15(13-24-19)25-20(28)18-2-1-11-30-18/h1-6,11-13H,7-10H2,(H,25,28). The predicted octanol–water partition coefficient (Wildman–Crippen LogP) is 4.20. The number of hydrogen-bond acceptors (Lipinski definition) is 5. The summed E-state index contributed by atoms with van der Waals surface area (Å²) in [5.41, 5.74) is 1.02. The Morgan fingerprint density at radius 2 is 1.83 bits per heavy atom. The van der Waals surface area contributed by atoms with Crippen molar-refractivity contribution in [2.75, 3.05) is 36.4 Å². The number of rotatable bonds is 4. The summed E-state index contributed by atoms with van der Waals surface area (Å²) in [5, 5.41) is 3.58. The Hall–Kier alpha value is -3.03. The van der Waals surface area contributed by atoms with E-state index < -0.39 is 0 Å². The number of nitrogens with zero attached hydrogens (tertiary/aromatic N) is 3. The number of carbonyl (C=O) groups is 2. The van der Waals surface area contributed by atoms with E-state index in [4.69, 9.17) is 27.6 Å². The van der Waals surface area contributed by atoms with Crippen LogP contribution in [0, 0.1) is 0 Å². The van der Waals surface area contributed by atoms with Gasteiger partial charge in [0, 0.05) is 31.2 Å². The topological polar surface area (TPSA) is 78.7 Å². The minimum atomic E-state index is -0.331. The average Bonchev–Trinajstić information content (AvgIpc) is 3.29. The lowest BCUT2D eigenvalue weighted by Crippen LogP contribution is -2.49. The largest absolute Gasteiger partial charge is 0.459 e. The molecule has 3 aromatic rings. The molecule has 9 heteroatoms. The van der Waals surface area contributed by atoms with E-state index in [1.165, 1.54) is 6.26 Å². The number of pyridine rings is 1. The van der Waals surface area contributed by atoms with Crippen LogP contribution >= 0.6 is 23.2 Å². The molecular formula is C21H18Cl2N4O3. The molecule has 1 fully saturated rings. The average molecular weight is 445 g/mol. The number of piperazine rings is 1. The van der Waals surface area contributed by atoms with Gasteiger partial charge in [0.15, 0.2) is 5.76 Å². The second-order valence-corrected chi connectivity index (χ2v) is 7.58. The quantitative estimate of drug-likeness (QED) is 0.652. The van der Waals surface area contributed by atoms with Gasteiger partial charge in [-0.2, -0.15) is 0 Å². The third-order valence-electron chi connectivity index (χ3n) is 4.80. The van der Waals surface area contributed by atoms with Gasteiger partial charge in [0.05, 0.1) is 28.7 Å². The summed E-state index contributed by atoms with van der Waals surface area (Å²) in [6, 6.07) is 11.8. The summed E-state index contributed by atoms with van der Waals surface area (Å²) in [5.74, 6) is 0.575. The molecule has 7 nitrogen and oxygen atoms in total. The van der Waals surface area contributed by atoms with Crippen LogP contribution in [0.2, 0.25) is 10.0 Å². The molecule has 2 aromatic heterocycles. The van der Waals surface area contributed by atoms with Crippen LogP contribution in [0.25, 0.3) is 0 Å². The van der Waals surface area contributed by atoms with Crippen molar-refractivity contribution < 1.29 is 14.0 Å². The maximum absolute atomic E-state index is 12.7. The highest BCUT2D eigenvalue weighted by Gasteiger charge is 2.24. The molecule has 0 unspecified atom stereocenters. The molecule has 1 N–H and O–H groups in total. The monoisotopic (exact) mass is 444 g/mol. The van der Waals surface area contributed by atoms with Crippen LogP contribution in [-0.4, -0.2) is 47.9 Å². The summed E-state index contributed by atoms with van der Waals surface area (Å²) in [6.45, 7) is 2.39. The lowest BCUT2D eigenvalue weighted by atomic mass is 10.1. The lowest BCUT2D eigenvalue weighted by molar-refractivity contribution is 0.0746. The lowest BCUT2D eigenvalue weighted by Gasteiger charge is -2.35. The van der Waals surface area contributed by atoms with Crippen LogP contribution in [0.3, 0.4) is 0 Å². The van der Waals surface area contributed by atoms with Gasteiger partial charge in [0.1, 0.15) is 5.82 Å². The van der Waals surface area contributed by atoms with E-state index in [2.05, 4.69) is 15.2 Å². The summed E-state index contributed by atoms with van der Waals surface area (Å²) in [7, 11) is 0. The molecule has 154 valence electrons. The fraction of sp³-hybridized carbons (Fsp3) is 0.190. The van der Waals surface area contributed by atoms with Gasteiger partial charge in [-0.05, 0) is 42.5 Å². The van der Waals surface area contributed by atoms with Crippen molar-refractivity contribution in [1.82, 2.24) is 9.88 Å². The van der Waals surface area contributed by atoms with E-state index in [9.17, 15) is 9.59 Å². The zero-order valence-electron chi connectivity index (χ0n) is 15.8. The highest BCUT2D eigenvalue weighted by Crippen LogP contribution is 2.23. The van der Waals surface area contributed by atoms with Crippen LogP contribution in [0.15, 0.2) is 59.3 Å². The van der Waals surface area contributed by atoms with Gasteiger partial charge in [-0.1, -0.05) is 23.2 Å². The fourth-order valence-electron chi connectivity index (χ4n) is 3.22. The van der Waals surface area contributed by atoms with Crippen molar-refractivity contribution in [3.8, 4) is 0 Å². The molecule has 4 rings (SSSR count). The number of amides is 2. The highest BCUT2D eigenvalue weighted by atomic mass is 35.5. The zero-order valence-corrected chi connectivity index (χ0v) is 17.4. The van der Waals surface area contributed by atoms with Crippen LogP contribution in [0.4, 0.5) is 11.5 Å². The van der Waals surface area contributed by atoms with E-state index in [0.717, 1.165) is 5.82 Å². The Morgan fingerprint density at radius 1 is 1.03 bits per heavy atom. The van der Waals surface area contributed by atoms with Crippen molar-refractivity contribution in [2.45, 2.75) is 0 Å². The van der Waals surface area contributed by atoms with E-state index in [1.54, 1.807) is 47.5 Å². The van der Waals surface area contributed by atoms with Crippen molar-refractivity contribution in [2.24, 2.45) is 0 Å². The minimum absolute atomic E-state index is 0.111. The summed E-state index contributed by atoms with van der Waals surface area (Å²) in [4.78, 5) is 33.0. The number of hydrogen-bond donors (Lipinski definition) is 1. The maximum atomic E-state index is 12.7. The van der Waals surface area contributed by atoms with Gasteiger partial charge in [0.25, 0.3) is 11.8 Å². The van der Waals surface area contributed by atoms with Crippen LogP contribution in [0.1, 0.15) is 20.9 Å². The number of aromatic nitrogens is 1. The van der Waals surface area contributed by atoms with Crippen LogP contribution < -0.4 is 10.2 Å².